The fourth-order valence-corrected chi connectivity index (χ4v) is 2.71. The molecule has 2 N–H and O–H groups in total. The second-order valence-corrected chi connectivity index (χ2v) is 5.43. The molecule has 1 aliphatic rings. The first-order valence-electron chi connectivity index (χ1n) is 6.84. The first kappa shape index (κ1) is 14.8. The van der Waals surface area contributed by atoms with E-state index in [-0.39, 0.29) is 23.6 Å². The van der Waals surface area contributed by atoms with Crippen molar-refractivity contribution in [2.24, 2.45) is 11.7 Å². The molecule has 1 aliphatic carbocycles. The molecule has 4 nitrogen and oxygen atoms in total. The maximum Gasteiger partial charge on any atom is 0.225 e. The van der Waals surface area contributed by atoms with E-state index in [1.807, 2.05) is 0 Å². The molecule has 0 heterocycles. The molecular weight excluding hydrogens is 259 g/mol. The molecule has 0 aliphatic heterocycles. The first-order chi connectivity index (χ1) is 9.51. The molecule has 110 valence electrons. The van der Waals surface area contributed by atoms with Crippen molar-refractivity contribution >= 4 is 5.91 Å². The lowest BCUT2D eigenvalue weighted by Gasteiger charge is -2.21. The number of benzene rings is 1. The van der Waals surface area contributed by atoms with E-state index in [0.717, 1.165) is 24.8 Å². The standard InChI is InChI=1S/C15H21FN2O2/c1-18(15(19)11-4-5-12(17)8-11)9-10-3-6-14(20-2)13(16)7-10/h3,6-7,11-12H,4-5,8-9,17H2,1-2H3. The molecule has 1 amide bonds. The highest BCUT2D eigenvalue weighted by Gasteiger charge is 2.29. The van der Waals surface area contributed by atoms with Gasteiger partial charge in [-0.05, 0) is 37.0 Å². The Labute approximate surface area is 118 Å². The van der Waals surface area contributed by atoms with Gasteiger partial charge < -0.3 is 15.4 Å². The number of hydrogen-bond donors (Lipinski definition) is 1. The highest BCUT2D eigenvalue weighted by molar-refractivity contribution is 5.79. The molecule has 2 atom stereocenters. The van der Waals surface area contributed by atoms with Crippen molar-refractivity contribution in [1.29, 1.82) is 0 Å². The van der Waals surface area contributed by atoms with Crippen LogP contribution in [-0.4, -0.2) is 31.0 Å². The quantitative estimate of drug-likeness (QED) is 0.916. The van der Waals surface area contributed by atoms with E-state index in [0.29, 0.717) is 6.54 Å². The molecule has 5 heteroatoms. The Hall–Kier alpha value is -1.62. The Bertz CT molecular complexity index is 493. The second-order valence-electron chi connectivity index (χ2n) is 5.43. The number of ether oxygens (including phenoxy) is 1. The van der Waals surface area contributed by atoms with Crippen LogP contribution < -0.4 is 10.5 Å². The maximum atomic E-state index is 13.6. The van der Waals surface area contributed by atoms with E-state index < -0.39 is 5.82 Å². The summed E-state index contributed by atoms with van der Waals surface area (Å²) in [5, 5.41) is 0. The lowest BCUT2D eigenvalue weighted by molar-refractivity contribution is -0.134. The lowest BCUT2D eigenvalue weighted by atomic mass is 10.1. The summed E-state index contributed by atoms with van der Waals surface area (Å²) in [5.41, 5.74) is 6.58. The number of nitrogens with zero attached hydrogens (tertiary/aromatic N) is 1. The van der Waals surface area contributed by atoms with Crippen LogP contribution in [0.15, 0.2) is 18.2 Å². The summed E-state index contributed by atoms with van der Waals surface area (Å²) in [6, 6.07) is 4.89. The summed E-state index contributed by atoms with van der Waals surface area (Å²) < 4.78 is 18.5. The number of methoxy groups -OCH3 is 1. The smallest absolute Gasteiger partial charge is 0.225 e. The highest BCUT2D eigenvalue weighted by atomic mass is 19.1. The van der Waals surface area contributed by atoms with Crippen LogP contribution in [0.5, 0.6) is 5.75 Å². The Morgan fingerprint density at radius 1 is 1.50 bits per heavy atom. The highest BCUT2D eigenvalue weighted by Crippen LogP contribution is 2.26. The normalized spacial score (nSPS) is 21.8. The van der Waals surface area contributed by atoms with Gasteiger partial charge in [-0.15, -0.1) is 0 Å². The van der Waals surface area contributed by atoms with E-state index in [9.17, 15) is 9.18 Å². The number of carbonyl (C=O) groups is 1. The number of hydrogen-bond acceptors (Lipinski definition) is 3. The van der Waals surface area contributed by atoms with Gasteiger partial charge in [-0.2, -0.15) is 0 Å². The average Bonchev–Trinajstić information content (AvgIpc) is 2.84. The minimum absolute atomic E-state index is 0.0121. The van der Waals surface area contributed by atoms with Crippen LogP contribution in [0.4, 0.5) is 4.39 Å². The van der Waals surface area contributed by atoms with E-state index in [1.54, 1.807) is 24.1 Å². The molecule has 0 spiro atoms. The van der Waals surface area contributed by atoms with Gasteiger partial charge in [0.1, 0.15) is 0 Å². The largest absolute Gasteiger partial charge is 0.494 e. The van der Waals surface area contributed by atoms with Gasteiger partial charge in [0.05, 0.1) is 7.11 Å². The van der Waals surface area contributed by atoms with Crippen molar-refractivity contribution in [3.8, 4) is 5.75 Å². The number of halogens is 1. The van der Waals surface area contributed by atoms with Gasteiger partial charge in [-0.25, -0.2) is 4.39 Å². The topological polar surface area (TPSA) is 55.6 Å². The molecule has 1 aromatic rings. The molecule has 2 rings (SSSR count). The summed E-state index contributed by atoms with van der Waals surface area (Å²) in [6.07, 6.45) is 2.50. The Morgan fingerprint density at radius 3 is 2.80 bits per heavy atom. The SMILES string of the molecule is COc1ccc(CN(C)C(=O)C2CCC(N)C2)cc1F. The molecule has 20 heavy (non-hydrogen) atoms. The van der Waals surface area contributed by atoms with Crippen LogP contribution in [0.3, 0.4) is 0 Å². The zero-order chi connectivity index (χ0) is 14.7. The van der Waals surface area contributed by atoms with Crippen molar-refractivity contribution in [2.45, 2.75) is 31.8 Å². The molecule has 0 aromatic heterocycles. The minimum Gasteiger partial charge on any atom is -0.494 e. The van der Waals surface area contributed by atoms with Crippen molar-refractivity contribution in [3.63, 3.8) is 0 Å². The number of nitrogens with two attached hydrogens (primary N) is 1. The summed E-state index contributed by atoms with van der Waals surface area (Å²) in [5.74, 6) is -0.0921. The van der Waals surface area contributed by atoms with Crippen LogP contribution in [0, 0.1) is 11.7 Å². The Balaban J connectivity index is 1.98. The zero-order valence-corrected chi connectivity index (χ0v) is 11.9. The van der Waals surface area contributed by atoms with Crippen molar-refractivity contribution < 1.29 is 13.9 Å². The van der Waals surface area contributed by atoms with E-state index in [2.05, 4.69) is 0 Å². The Morgan fingerprint density at radius 2 is 2.25 bits per heavy atom. The van der Waals surface area contributed by atoms with Crippen LogP contribution in [0.25, 0.3) is 0 Å². The summed E-state index contributed by atoms with van der Waals surface area (Å²) in [6.45, 7) is 0.394. The van der Waals surface area contributed by atoms with Gasteiger partial charge in [-0.1, -0.05) is 6.07 Å². The molecule has 1 fully saturated rings. The first-order valence-corrected chi connectivity index (χ1v) is 6.84. The summed E-state index contributed by atoms with van der Waals surface area (Å²) >= 11 is 0. The van der Waals surface area contributed by atoms with Crippen LogP contribution in [0.2, 0.25) is 0 Å². The van der Waals surface area contributed by atoms with Crippen molar-refractivity contribution in [1.82, 2.24) is 4.90 Å². The Kier molecular flexibility index (Phi) is 4.60. The third-order valence-corrected chi connectivity index (χ3v) is 3.83. The number of rotatable bonds is 4. The third kappa shape index (κ3) is 3.28. The van der Waals surface area contributed by atoms with Gasteiger partial charge in [0.2, 0.25) is 5.91 Å². The van der Waals surface area contributed by atoms with Crippen LogP contribution in [0.1, 0.15) is 24.8 Å². The molecule has 0 radical (unpaired) electrons. The van der Waals surface area contributed by atoms with Crippen LogP contribution >= 0.6 is 0 Å². The second kappa shape index (κ2) is 6.22. The van der Waals surface area contributed by atoms with Gasteiger partial charge in [0.25, 0.3) is 0 Å². The number of amides is 1. The molecule has 1 saturated carbocycles. The van der Waals surface area contributed by atoms with E-state index in [1.165, 1.54) is 13.2 Å². The van der Waals surface area contributed by atoms with E-state index in [4.69, 9.17) is 10.5 Å². The predicted molar refractivity (Wildman–Crippen MR) is 74.7 cm³/mol. The van der Waals surface area contributed by atoms with Crippen molar-refractivity contribution in [2.75, 3.05) is 14.2 Å². The zero-order valence-electron chi connectivity index (χ0n) is 11.9. The predicted octanol–water partition coefficient (Wildman–Crippen LogP) is 1.92. The number of carbonyl (C=O) groups excluding carboxylic acids is 1. The molecule has 2 unspecified atom stereocenters. The van der Waals surface area contributed by atoms with E-state index >= 15 is 0 Å². The third-order valence-electron chi connectivity index (χ3n) is 3.83. The van der Waals surface area contributed by atoms with Crippen LogP contribution in [-0.2, 0) is 11.3 Å². The fraction of sp³-hybridized carbons (Fsp3) is 0.533. The fourth-order valence-electron chi connectivity index (χ4n) is 2.71. The lowest BCUT2D eigenvalue weighted by Crippen LogP contribution is -2.32. The van der Waals surface area contributed by atoms with Gasteiger partial charge in [-0.3, -0.25) is 4.79 Å². The van der Waals surface area contributed by atoms with Gasteiger partial charge >= 0.3 is 0 Å². The average molecular weight is 280 g/mol. The monoisotopic (exact) mass is 280 g/mol. The van der Waals surface area contributed by atoms with Gasteiger partial charge in [0.15, 0.2) is 11.6 Å². The molecular formula is C15H21FN2O2. The maximum absolute atomic E-state index is 13.6. The summed E-state index contributed by atoms with van der Waals surface area (Å²) in [7, 11) is 3.17. The summed E-state index contributed by atoms with van der Waals surface area (Å²) in [4.78, 5) is 13.9. The van der Waals surface area contributed by atoms with Crippen molar-refractivity contribution in [3.05, 3.63) is 29.6 Å². The molecule has 0 saturated heterocycles. The molecule has 1 aromatic carbocycles. The van der Waals surface area contributed by atoms with Gasteiger partial charge in [0, 0.05) is 25.6 Å². The molecule has 0 bridgehead atoms. The minimum atomic E-state index is -0.409.